The van der Waals surface area contributed by atoms with Crippen molar-refractivity contribution >= 4 is 11.3 Å². The zero-order valence-electron chi connectivity index (χ0n) is 7.76. The van der Waals surface area contributed by atoms with Crippen LogP contribution in [0.4, 0.5) is 0 Å². The molecule has 78 valence electrons. The van der Waals surface area contributed by atoms with E-state index < -0.39 is 6.10 Å². The number of aliphatic hydroxyl groups excluding tert-OH is 1. The molecular weight excluding hydrogens is 202 g/mol. The Balaban J connectivity index is 1.85. The van der Waals surface area contributed by atoms with Crippen molar-refractivity contribution in [2.75, 3.05) is 19.8 Å². The second-order valence-electron chi connectivity index (χ2n) is 3.18. The normalized spacial score (nSPS) is 24.8. The molecule has 0 amide bonds. The van der Waals surface area contributed by atoms with Gasteiger partial charge in [-0.15, -0.1) is 11.3 Å². The molecule has 14 heavy (non-hydrogen) atoms. The van der Waals surface area contributed by atoms with Gasteiger partial charge in [0.05, 0.1) is 30.9 Å². The lowest BCUT2D eigenvalue weighted by atomic mass is 10.1. The quantitative estimate of drug-likeness (QED) is 0.796. The van der Waals surface area contributed by atoms with Crippen molar-refractivity contribution in [3.8, 4) is 0 Å². The summed E-state index contributed by atoms with van der Waals surface area (Å²) >= 11 is 1.55. The smallest absolute Gasteiger partial charge is 0.107 e. The second kappa shape index (κ2) is 4.84. The van der Waals surface area contributed by atoms with Crippen molar-refractivity contribution < 1.29 is 14.6 Å². The molecule has 1 aromatic heterocycles. The van der Waals surface area contributed by atoms with Gasteiger partial charge in [-0.2, -0.15) is 0 Å². The molecule has 2 heterocycles. The molecule has 0 radical (unpaired) electrons. The molecule has 1 aliphatic heterocycles. The summed E-state index contributed by atoms with van der Waals surface area (Å²) in [7, 11) is 0. The summed E-state index contributed by atoms with van der Waals surface area (Å²) in [6.07, 6.45) is 1.57. The lowest BCUT2D eigenvalue weighted by Gasteiger charge is -2.26. The van der Waals surface area contributed by atoms with Crippen LogP contribution in [0.1, 0.15) is 5.01 Å². The first-order valence-electron chi connectivity index (χ1n) is 4.62. The summed E-state index contributed by atoms with van der Waals surface area (Å²) in [5.74, 6) is 0. The van der Waals surface area contributed by atoms with Crippen molar-refractivity contribution in [2.45, 2.75) is 18.6 Å². The fraction of sp³-hybridized carbons (Fsp3) is 0.667. The average Bonchev–Trinajstić information content (AvgIpc) is 2.72. The molecule has 1 aromatic rings. The van der Waals surface area contributed by atoms with E-state index in [2.05, 4.69) is 4.98 Å². The van der Waals surface area contributed by atoms with E-state index in [0.29, 0.717) is 26.2 Å². The van der Waals surface area contributed by atoms with Crippen LogP contribution in [0.5, 0.6) is 0 Å². The van der Waals surface area contributed by atoms with E-state index in [0.717, 1.165) is 5.01 Å². The molecule has 0 aliphatic carbocycles. The highest BCUT2D eigenvalue weighted by molar-refractivity contribution is 7.09. The van der Waals surface area contributed by atoms with Gasteiger partial charge in [-0.3, -0.25) is 0 Å². The molecule has 1 N–H and O–H groups in total. The molecule has 1 saturated heterocycles. The summed E-state index contributed by atoms with van der Waals surface area (Å²) in [5, 5.41) is 12.6. The molecule has 4 nitrogen and oxygen atoms in total. The van der Waals surface area contributed by atoms with Crippen LogP contribution >= 0.6 is 11.3 Å². The third-order valence-electron chi connectivity index (χ3n) is 2.14. The summed E-state index contributed by atoms with van der Waals surface area (Å²) < 4.78 is 10.6. The Morgan fingerprint density at radius 3 is 3.21 bits per heavy atom. The van der Waals surface area contributed by atoms with Crippen LogP contribution in [0.3, 0.4) is 0 Å². The standard InChI is InChI=1S/C9H13NO3S/c11-7(5-9-10-1-4-14-9)8-6-12-2-3-13-8/h1,4,7-8,11H,2-3,5-6H2. The molecule has 5 heteroatoms. The van der Waals surface area contributed by atoms with Gasteiger partial charge in [0.25, 0.3) is 0 Å². The third kappa shape index (κ3) is 2.51. The lowest BCUT2D eigenvalue weighted by Crippen LogP contribution is -2.39. The van der Waals surface area contributed by atoms with Gasteiger partial charge in [0, 0.05) is 18.0 Å². The van der Waals surface area contributed by atoms with E-state index in [9.17, 15) is 5.11 Å². The van der Waals surface area contributed by atoms with Gasteiger partial charge in [-0.25, -0.2) is 4.98 Å². The van der Waals surface area contributed by atoms with Crippen LogP contribution < -0.4 is 0 Å². The molecule has 0 saturated carbocycles. The number of rotatable bonds is 3. The number of hydrogen-bond acceptors (Lipinski definition) is 5. The van der Waals surface area contributed by atoms with Gasteiger partial charge in [0.2, 0.25) is 0 Å². The van der Waals surface area contributed by atoms with Crippen LogP contribution in [-0.2, 0) is 15.9 Å². The minimum absolute atomic E-state index is 0.201. The number of thiazole rings is 1. The van der Waals surface area contributed by atoms with E-state index in [-0.39, 0.29) is 6.10 Å². The number of hydrogen-bond donors (Lipinski definition) is 1. The highest BCUT2D eigenvalue weighted by atomic mass is 32.1. The highest BCUT2D eigenvalue weighted by Crippen LogP contribution is 2.13. The Morgan fingerprint density at radius 2 is 2.57 bits per heavy atom. The number of ether oxygens (including phenoxy) is 2. The van der Waals surface area contributed by atoms with Gasteiger partial charge in [-0.1, -0.05) is 0 Å². The lowest BCUT2D eigenvalue weighted by molar-refractivity contribution is -0.131. The van der Waals surface area contributed by atoms with E-state index in [1.54, 1.807) is 17.5 Å². The van der Waals surface area contributed by atoms with Crippen LogP contribution in [0, 0.1) is 0 Å². The van der Waals surface area contributed by atoms with Gasteiger partial charge < -0.3 is 14.6 Å². The Labute approximate surface area is 86.5 Å². The van der Waals surface area contributed by atoms with Gasteiger partial charge in [0.15, 0.2) is 0 Å². The maximum Gasteiger partial charge on any atom is 0.107 e. The predicted octanol–water partition coefficient (Wildman–Crippen LogP) is 0.462. The number of aliphatic hydroxyl groups is 1. The minimum Gasteiger partial charge on any atom is -0.390 e. The van der Waals surface area contributed by atoms with Crippen molar-refractivity contribution in [3.05, 3.63) is 16.6 Å². The largest absolute Gasteiger partial charge is 0.390 e. The third-order valence-corrected chi connectivity index (χ3v) is 2.94. The zero-order valence-corrected chi connectivity index (χ0v) is 8.57. The molecule has 1 fully saturated rings. The Hall–Kier alpha value is -0.490. The Morgan fingerprint density at radius 1 is 1.64 bits per heavy atom. The van der Waals surface area contributed by atoms with Crippen molar-refractivity contribution in [1.82, 2.24) is 4.98 Å². The Bertz CT molecular complexity index is 259. The molecule has 0 spiro atoms. The maximum atomic E-state index is 9.81. The van der Waals surface area contributed by atoms with Crippen molar-refractivity contribution in [3.63, 3.8) is 0 Å². The summed E-state index contributed by atoms with van der Waals surface area (Å²) in [6, 6.07) is 0. The average molecular weight is 215 g/mol. The summed E-state index contributed by atoms with van der Waals surface area (Å²) in [5.41, 5.74) is 0. The van der Waals surface area contributed by atoms with Gasteiger partial charge >= 0.3 is 0 Å². The first-order valence-corrected chi connectivity index (χ1v) is 5.50. The number of aromatic nitrogens is 1. The van der Waals surface area contributed by atoms with Gasteiger partial charge in [-0.05, 0) is 0 Å². The molecular formula is C9H13NO3S. The van der Waals surface area contributed by atoms with E-state index in [1.807, 2.05) is 5.38 Å². The number of nitrogens with zero attached hydrogens (tertiary/aromatic N) is 1. The van der Waals surface area contributed by atoms with Crippen LogP contribution in [0.2, 0.25) is 0 Å². The predicted molar refractivity (Wildman–Crippen MR) is 52.4 cm³/mol. The van der Waals surface area contributed by atoms with E-state index in [1.165, 1.54) is 0 Å². The van der Waals surface area contributed by atoms with E-state index in [4.69, 9.17) is 9.47 Å². The van der Waals surface area contributed by atoms with Crippen molar-refractivity contribution in [1.29, 1.82) is 0 Å². The SMILES string of the molecule is OC(Cc1nccs1)C1COCCO1. The van der Waals surface area contributed by atoms with E-state index >= 15 is 0 Å². The van der Waals surface area contributed by atoms with Crippen LogP contribution in [-0.4, -0.2) is 42.1 Å². The first kappa shape index (κ1) is 10.0. The van der Waals surface area contributed by atoms with Crippen LogP contribution in [0.15, 0.2) is 11.6 Å². The molecule has 1 aliphatic rings. The monoisotopic (exact) mass is 215 g/mol. The second-order valence-corrected chi connectivity index (χ2v) is 4.16. The summed E-state index contributed by atoms with van der Waals surface area (Å²) in [4.78, 5) is 4.11. The molecule has 2 unspecified atom stereocenters. The topological polar surface area (TPSA) is 51.6 Å². The maximum absolute atomic E-state index is 9.81. The highest BCUT2D eigenvalue weighted by Gasteiger charge is 2.23. The fourth-order valence-corrected chi connectivity index (χ4v) is 2.06. The molecule has 2 atom stereocenters. The molecule has 0 aromatic carbocycles. The zero-order chi connectivity index (χ0) is 9.80. The van der Waals surface area contributed by atoms with Gasteiger partial charge in [0.1, 0.15) is 6.10 Å². The fourth-order valence-electron chi connectivity index (χ4n) is 1.39. The first-order chi connectivity index (χ1) is 6.86. The summed E-state index contributed by atoms with van der Waals surface area (Å²) in [6.45, 7) is 1.67. The molecule has 0 bridgehead atoms. The van der Waals surface area contributed by atoms with Crippen molar-refractivity contribution in [2.24, 2.45) is 0 Å². The minimum atomic E-state index is -0.513. The Kier molecular flexibility index (Phi) is 3.47. The molecule has 2 rings (SSSR count). The van der Waals surface area contributed by atoms with Crippen LogP contribution in [0.25, 0.3) is 0 Å².